The Labute approximate surface area is 110 Å². The predicted molar refractivity (Wildman–Crippen MR) is 70.9 cm³/mol. The molecule has 1 aromatic rings. The Balaban J connectivity index is 2.12. The fourth-order valence-electron chi connectivity index (χ4n) is 2.31. The van der Waals surface area contributed by atoms with Crippen LogP contribution in [-0.2, 0) is 9.53 Å². The molecule has 1 aliphatic carbocycles. The number of rotatable bonds is 3. The summed E-state index contributed by atoms with van der Waals surface area (Å²) < 4.78 is 4.69. The fraction of sp³-hybridized carbons (Fsp3) is 0.538. The number of carbonyl (C=O) groups is 2. The van der Waals surface area contributed by atoms with E-state index in [0.29, 0.717) is 10.6 Å². The van der Waals surface area contributed by atoms with E-state index >= 15 is 0 Å². The van der Waals surface area contributed by atoms with Crippen LogP contribution in [-0.4, -0.2) is 19.0 Å². The SMILES string of the molecule is COC(=O)c1sccc1NC(=O)C1(C)CCCC1. The monoisotopic (exact) mass is 267 g/mol. The molecule has 1 amide bonds. The van der Waals surface area contributed by atoms with E-state index in [1.807, 2.05) is 6.92 Å². The fourth-order valence-corrected chi connectivity index (χ4v) is 3.08. The van der Waals surface area contributed by atoms with Gasteiger partial charge >= 0.3 is 5.97 Å². The van der Waals surface area contributed by atoms with Gasteiger partial charge < -0.3 is 10.1 Å². The number of hydrogen-bond donors (Lipinski definition) is 1. The van der Waals surface area contributed by atoms with Crippen LogP contribution < -0.4 is 5.32 Å². The molecule has 18 heavy (non-hydrogen) atoms. The van der Waals surface area contributed by atoms with Crippen molar-refractivity contribution in [2.24, 2.45) is 5.41 Å². The van der Waals surface area contributed by atoms with Crippen molar-refractivity contribution < 1.29 is 14.3 Å². The van der Waals surface area contributed by atoms with Crippen LogP contribution in [0.3, 0.4) is 0 Å². The van der Waals surface area contributed by atoms with Crippen LogP contribution in [0.2, 0.25) is 0 Å². The van der Waals surface area contributed by atoms with Crippen molar-refractivity contribution >= 4 is 28.9 Å². The molecule has 1 aromatic heterocycles. The smallest absolute Gasteiger partial charge is 0.350 e. The lowest BCUT2D eigenvalue weighted by Gasteiger charge is -2.22. The first-order chi connectivity index (χ1) is 8.57. The third-order valence-corrected chi connectivity index (χ3v) is 4.43. The molecule has 0 aromatic carbocycles. The molecule has 1 fully saturated rings. The van der Waals surface area contributed by atoms with Crippen LogP contribution in [0.5, 0.6) is 0 Å². The van der Waals surface area contributed by atoms with Crippen molar-refractivity contribution in [3.63, 3.8) is 0 Å². The zero-order valence-corrected chi connectivity index (χ0v) is 11.4. The summed E-state index contributed by atoms with van der Waals surface area (Å²) in [6.45, 7) is 1.99. The number of thiophene rings is 1. The van der Waals surface area contributed by atoms with Gasteiger partial charge in [-0.2, -0.15) is 0 Å². The minimum atomic E-state index is -0.406. The Morgan fingerprint density at radius 3 is 2.67 bits per heavy atom. The van der Waals surface area contributed by atoms with Gasteiger partial charge in [-0.15, -0.1) is 11.3 Å². The van der Waals surface area contributed by atoms with Gasteiger partial charge in [-0.1, -0.05) is 19.8 Å². The number of anilines is 1. The largest absolute Gasteiger partial charge is 0.465 e. The van der Waals surface area contributed by atoms with Gasteiger partial charge in [-0.05, 0) is 24.3 Å². The highest BCUT2D eigenvalue weighted by Crippen LogP contribution is 2.39. The Morgan fingerprint density at radius 1 is 1.39 bits per heavy atom. The average molecular weight is 267 g/mol. The predicted octanol–water partition coefficient (Wildman–Crippen LogP) is 3.05. The Morgan fingerprint density at radius 2 is 2.06 bits per heavy atom. The normalized spacial score (nSPS) is 17.4. The maximum absolute atomic E-state index is 12.2. The van der Waals surface area contributed by atoms with Gasteiger partial charge in [0.15, 0.2) is 0 Å². The highest BCUT2D eigenvalue weighted by molar-refractivity contribution is 7.12. The molecule has 0 aliphatic heterocycles. The van der Waals surface area contributed by atoms with Crippen LogP contribution in [0.25, 0.3) is 0 Å². The lowest BCUT2D eigenvalue weighted by atomic mass is 9.88. The number of esters is 1. The summed E-state index contributed by atoms with van der Waals surface area (Å²) in [4.78, 5) is 24.2. The summed E-state index contributed by atoms with van der Waals surface area (Å²) in [5, 5.41) is 4.64. The van der Waals surface area contributed by atoms with Crippen molar-refractivity contribution in [1.29, 1.82) is 0 Å². The molecule has 98 valence electrons. The number of ether oxygens (including phenoxy) is 1. The van der Waals surface area contributed by atoms with Crippen molar-refractivity contribution in [2.45, 2.75) is 32.6 Å². The quantitative estimate of drug-likeness (QED) is 0.856. The molecule has 0 bridgehead atoms. The summed E-state index contributed by atoms with van der Waals surface area (Å²) in [5.74, 6) is -0.402. The van der Waals surface area contributed by atoms with Crippen molar-refractivity contribution in [2.75, 3.05) is 12.4 Å². The molecule has 0 radical (unpaired) electrons. The van der Waals surface area contributed by atoms with E-state index in [-0.39, 0.29) is 11.3 Å². The van der Waals surface area contributed by atoms with Crippen LogP contribution >= 0.6 is 11.3 Å². The Hall–Kier alpha value is -1.36. The minimum Gasteiger partial charge on any atom is -0.465 e. The zero-order chi connectivity index (χ0) is 13.2. The first kappa shape index (κ1) is 13.1. The maximum Gasteiger partial charge on any atom is 0.350 e. The molecular weight excluding hydrogens is 250 g/mol. The third-order valence-electron chi connectivity index (χ3n) is 3.54. The molecule has 5 heteroatoms. The van der Waals surface area contributed by atoms with Gasteiger partial charge in [0, 0.05) is 5.41 Å². The zero-order valence-electron chi connectivity index (χ0n) is 10.6. The molecule has 0 unspecified atom stereocenters. The second-order valence-electron chi connectivity index (χ2n) is 4.88. The van der Waals surface area contributed by atoms with E-state index in [0.717, 1.165) is 25.7 Å². The minimum absolute atomic E-state index is 0.00329. The molecule has 4 nitrogen and oxygen atoms in total. The van der Waals surface area contributed by atoms with Gasteiger partial charge in [0.1, 0.15) is 4.88 Å². The molecule has 1 saturated carbocycles. The number of carbonyl (C=O) groups excluding carboxylic acids is 2. The summed E-state index contributed by atoms with van der Waals surface area (Å²) in [5.41, 5.74) is 0.264. The van der Waals surface area contributed by atoms with E-state index in [1.54, 1.807) is 11.4 Å². The summed E-state index contributed by atoms with van der Waals surface area (Å²) in [6, 6.07) is 1.74. The van der Waals surface area contributed by atoms with E-state index in [4.69, 9.17) is 0 Å². The third kappa shape index (κ3) is 2.41. The van der Waals surface area contributed by atoms with E-state index in [9.17, 15) is 9.59 Å². The van der Waals surface area contributed by atoms with Gasteiger partial charge in [-0.3, -0.25) is 4.79 Å². The first-order valence-electron chi connectivity index (χ1n) is 6.04. The Bertz CT molecular complexity index is 461. The molecule has 0 spiro atoms. The maximum atomic E-state index is 12.2. The van der Waals surface area contributed by atoms with Crippen molar-refractivity contribution in [1.82, 2.24) is 0 Å². The number of nitrogens with one attached hydrogen (secondary N) is 1. The Kier molecular flexibility index (Phi) is 3.71. The van der Waals surface area contributed by atoms with Crippen molar-refractivity contribution in [3.05, 3.63) is 16.3 Å². The molecule has 0 saturated heterocycles. The average Bonchev–Trinajstić information content (AvgIpc) is 2.98. The molecule has 1 heterocycles. The number of methoxy groups -OCH3 is 1. The van der Waals surface area contributed by atoms with Gasteiger partial charge in [-0.25, -0.2) is 4.79 Å². The van der Waals surface area contributed by atoms with Crippen LogP contribution in [0.1, 0.15) is 42.3 Å². The molecule has 2 rings (SSSR count). The summed E-state index contributed by atoms with van der Waals surface area (Å²) >= 11 is 1.28. The topological polar surface area (TPSA) is 55.4 Å². The standard InChI is InChI=1S/C13H17NO3S/c1-13(6-3-4-7-13)12(16)14-9-5-8-18-10(9)11(15)17-2/h5,8H,3-4,6-7H2,1-2H3,(H,14,16). The van der Waals surface area contributed by atoms with Crippen LogP contribution in [0.15, 0.2) is 11.4 Å². The first-order valence-corrected chi connectivity index (χ1v) is 6.92. The lowest BCUT2D eigenvalue weighted by molar-refractivity contribution is -0.124. The molecule has 0 atom stereocenters. The highest BCUT2D eigenvalue weighted by Gasteiger charge is 2.36. The van der Waals surface area contributed by atoms with Crippen molar-refractivity contribution in [3.8, 4) is 0 Å². The van der Waals surface area contributed by atoms with Crippen LogP contribution in [0.4, 0.5) is 5.69 Å². The molecule has 1 N–H and O–H groups in total. The van der Waals surface area contributed by atoms with Gasteiger partial charge in [0.05, 0.1) is 12.8 Å². The summed E-state index contributed by atoms with van der Waals surface area (Å²) in [7, 11) is 1.34. The molecule has 1 aliphatic rings. The second kappa shape index (κ2) is 5.10. The highest BCUT2D eigenvalue weighted by atomic mass is 32.1. The van der Waals surface area contributed by atoms with Gasteiger partial charge in [0.25, 0.3) is 0 Å². The second-order valence-corrected chi connectivity index (χ2v) is 5.79. The number of amides is 1. The summed E-state index contributed by atoms with van der Waals surface area (Å²) in [6.07, 6.45) is 4.02. The lowest BCUT2D eigenvalue weighted by Crippen LogP contribution is -2.31. The molecular formula is C13H17NO3S. The number of hydrogen-bond acceptors (Lipinski definition) is 4. The van der Waals surface area contributed by atoms with E-state index in [2.05, 4.69) is 10.1 Å². The van der Waals surface area contributed by atoms with E-state index < -0.39 is 5.97 Å². The van der Waals surface area contributed by atoms with Crippen LogP contribution in [0, 0.1) is 5.41 Å². The van der Waals surface area contributed by atoms with E-state index in [1.165, 1.54) is 18.4 Å². The van der Waals surface area contributed by atoms with Gasteiger partial charge in [0.2, 0.25) is 5.91 Å².